The summed E-state index contributed by atoms with van der Waals surface area (Å²) in [5.74, 6) is 0.476. The molecule has 3 rings (SSSR count). The smallest absolute Gasteiger partial charge is 0.436 e. The van der Waals surface area contributed by atoms with Crippen LogP contribution in [0.3, 0.4) is 0 Å². The first-order valence-corrected chi connectivity index (χ1v) is 9.45. The average molecular weight is 446 g/mol. The van der Waals surface area contributed by atoms with E-state index in [1.54, 1.807) is 24.3 Å². The second-order valence-electron chi connectivity index (χ2n) is 6.30. The molecule has 0 unspecified atom stereocenters. The molecule has 0 saturated heterocycles. The van der Waals surface area contributed by atoms with Crippen LogP contribution in [-0.2, 0) is 17.5 Å². The number of alkyl halides is 3. The van der Waals surface area contributed by atoms with E-state index in [1.807, 2.05) is 6.92 Å². The molecule has 1 saturated carbocycles. The average Bonchev–Trinajstić information content (AvgIpc) is 3.37. The zero-order chi connectivity index (χ0) is 19.6. The van der Waals surface area contributed by atoms with Crippen LogP contribution >= 0.6 is 15.9 Å². The van der Waals surface area contributed by atoms with Gasteiger partial charge in [0.25, 0.3) is 0 Å². The molecule has 1 amide bonds. The summed E-state index contributed by atoms with van der Waals surface area (Å²) >= 11 is 3.04. The second-order valence-corrected chi connectivity index (χ2v) is 7.09. The van der Waals surface area contributed by atoms with Gasteiger partial charge in [-0.3, -0.25) is 9.48 Å². The molecule has 0 atom stereocenters. The van der Waals surface area contributed by atoms with Crippen molar-refractivity contribution < 1.29 is 22.7 Å². The minimum atomic E-state index is -4.53. The predicted octanol–water partition coefficient (Wildman–Crippen LogP) is 4.97. The molecule has 0 radical (unpaired) electrons. The Morgan fingerprint density at radius 1 is 1.33 bits per heavy atom. The maximum Gasteiger partial charge on any atom is 0.436 e. The molecule has 0 spiro atoms. The van der Waals surface area contributed by atoms with Crippen LogP contribution in [0.5, 0.6) is 5.75 Å². The number of aromatic nitrogens is 2. The van der Waals surface area contributed by atoms with Crippen molar-refractivity contribution in [2.75, 3.05) is 11.9 Å². The lowest BCUT2D eigenvalue weighted by Gasteiger charge is -2.09. The van der Waals surface area contributed by atoms with Gasteiger partial charge >= 0.3 is 6.18 Å². The largest absolute Gasteiger partial charge is 0.494 e. The summed E-state index contributed by atoms with van der Waals surface area (Å²) in [6, 6.07) is 6.91. The molecule has 1 aliphatic rings. The van der Waals surface area contributed by atoms with Gasteiger partial charge in [-0.1, -0.05) is 0 Å². The predicted molar refractivity (Wildman–Crippen MR) is 97.8 cm³/mol. The van der Waals surface area contributed by atoms with Gasteiger partial charge in [-0.15, -0.1) is 0 Å². The van der Waals surface area contributed by atoms with Gasteiger partial charge in [-0.2, -0.15) is 18.3 Å². The van der Waals surface area contributed by atoms with Gasteiger partial charge in [0.1, 0.15) is 5.75 Å². The molecule has 2 aromatic rings. The molecular weight excluding hydrogens is 427 g/mol. The van der Waals surface area contributed by atoms with Gasteiger partial charge in [0.05, 0.1) is 23.3 Å². The summed E-state index contributed by atoms with van der Waals surface area (Å²) in [7, 11) is 0. The number of aryl methyl sites for hydroxylation is 1. The van der Waals surface area contributed by atoms with Crippen molar-refractivity contribution in [3.8, 4) is 5.75 Å². The lowest BCUT2D eigenvalue weighted by molar-refractivity contribution is -0.142. The van der Waals surface area contributed by atoms with Gasteiger partial charge in [-0.25, -0.2) is 0 Å². The molecule has 9 heteroatoms. The number of nitrogens with one attached hydrogen (secondary N) is 1. The summed E-state index contributed by atoms with van der Waals surface area (Å²) in [4.78, 5) is 12.2. The number of carbonyl (C=O) groups excluding carboxylic acids is 1. The molecule has 1 heterocycles. The van der Waals surface area contributed by atoms with Crippen molar-refractivity contribution in [3.05, 3.63) is 40.1 Å². The van der Waals surface area contributed by atoms with E-state index in [-0.39, 0.29) is 29.3 Å². The molecule has 5 nitrogen and oxygen atoms in total. The second kappa shape index (κ2) is 7.92. The van der Waals surface area contributed by atoms with Crippen LogP contribution in [0.4, 0.5) is 18.9 Å². The normalized spacial score (nSPS) is 14.3. The summed E-state index contributed by atoms with van der Waals surface area (Å²) in [6.45, 7) is 2.52. The van der Waals surface area contributed by atoms with E-state index < -0.39 is 11.9 Å². The number of ether oxygens (including phenoxy) is 1. The van der Waals surface area contributed by atoms with Crippen LogP contribution in [0.2, 0.25) is 0 Å². The maximum atomic E-state index is 13.1. The summed E-state index contributed by atoms with van der Waals surface area (Å²) in [6.07, 6.45) is -2.84. The Bertz CT molecular complexity index is 814. The molecule has 146 valence electrons. The Balaban J connectivity index is 1.65. The maximum absolute atomic E-state index is 13.1. The van der Waals surface area contributed by atoms with Gasteiger partial charge in [0, 0.05) is 18.0 Å². The number of rotatable bonds is 7. The SMILES string of the molecule is CCOc1ccc(NC(=O)CCn2nc(C(F)(F)F)c(Br)c2C2CC2)cc1. The molecule has 1 aliphatic carbocycles. The third-order valence-corrected chi connectivity index (χ3v) is 4.95. The molecule has 0 bridgehead atoms. The Morgan fingerprint density at radius 2 is 2.00 bits per heavy atom. The first-order chi connectivity index (χ1) is 12.8. The minimum absolute atomic E-state index is 0.00980. The molecule has 1 aromatic carbocycles. The third kappa shape index (κ3) is 4.82. The van der Waals surface area contributed by atoms with Crippen molar-refractivity contribution in [2.45, 2.75) is 44.8 Å². The van der Waals surface area contributed by atoms with Gasteiger partial charge in [-0.05, 0) is 60.0 Å². The molecule has 27 heavy (non-hydrogen) atoms. The monoisotopic (exact) mass is 445 g/mol. The Hall–Kier alpha value is -2.03. The zero-order valence-electron chi connectivity index (χ0n) is 14.6. The lowest BCUT2D eigenvalue weighted by atomic mass is 10.2. The number of benzene rings is 1. The summed E-state index contributed by atoms with van der Waals surface area (Å²) in [5, 5.41) is 6.43. The topological polar surface area (TPSA) is 56.1 Å². The summed E-state index contributed by atoms with van der Waals surface area (Å²) < 4.78 is 45.9. The van der Waals surface area contributed by atoms with E-state index in [4.69, 9.17) is 4.74 Å². The van der Waals surface area contributed by atoms with E-state index in [0.717, 1.165) is 12.8 Å². The number of hydrogen-bond acceptors (Lipinski definition) is 3. The molecule has 0 aliphatic heterocycles. The zero-order valence-corrected chi connectivity index (χ0v) is 16.2. The highest BCUT2D eigenvalue weighted by atomic mass is 79.9. The van der Waals surface area contributed by atoms with E-state index >= 15 is 0 Å². The van der Waals surface area contributed by atoms with E-state index in [1.165, 1.54) is 4.68 Å². The summed E-state index contributed by atoms with van der Waals surface area (Å²) in [5.41, 5.74) is 0.191. The number of amides is 1. The van der Waals surface area contributed by atoms with Crippen molar-refractivity contribution in [2.24, 2.45) is 0 Å². The Morgan fingerprint density at radius 3 is 2.56 bits per heavy atom. The first kappa shape index (κ1) is 19.7. The van der Waals surface area contributed by atoms with Crippen LogP contribution in [0.25, 0.3) is 0 Å². The molecule has 1 N–H and O–H groups in total. The van der Waals surface area contributed by atoms with Crippen molar-refractivity contribution in [1.82, 2.24) is 9.78 Å². The number of halogens is 4. The molecule has 1 fully saturated rings. The fraction of sp³-hybridized carbons (Fsp3) is 0.444. The third-order valence-electron chi connectivity index (χ3n) is 4.16. The van der Waals surface area contributed by atoms with Crippen LogP contribution in [-0.4, -0.2) is 22.3 Å². The highest BCUT2D eigenvalue weighted by Crippen LogP contribution is 2.47. The Kier molecular flexibility index (Phi) is 5.78. The van der Waals surface area contributed by atoms with Gasteiger partial charge < -0.3 is 10.1 Å². The standard InChI is InChI=1S/C18H19BrF3N3O2/c1-2-27-13-7-5-12(6-8-13)23-14(26)9-10-25-16(11-3-4-11)15(19)17(24-25)18(20,21)22/h5-8,11H,2-4,9-10H2,1H3,(H,23,26). The molecule has 1 aromatic heterocycles. The Labute approximate surface area is 163 Å². The fourth-order valence-electron chi connectivity index (χ4n) is 2.78. The lowest BCUT2D eigenvalue weighted by Crippen LogP contribution is -2.16. The van der Waals surface area contributed by atoms with E-state index in [9.17, 15) is 18.0 Å². The number of anilines is 1. The van der Waals surface area contributed by atoms with E-state index in [0.29, 0.717) is 23.7 Å². The van der Waals surface area contributed by atoms with Gasteiger partial charge in [0.2, 0.25) is 5.91 Å². The number of hydrogen-bond donors (Lipinski definition) is 1. The highest BCUT2D eigenvalue weighted by Gasteiger charge is 2.41. The van der Waals surface area contributed by atoms with Crippen molar-refractivity contribution in [1.29, 1.82) is 0 Å². The van der Waals surface area contributed by atoms with Crippen molar-refractivity contribution in [3.63, 3.8) is 0 Å². The fourth-order valence-corrected chi connectivity index (χ4v) is 3.62. The number of carbonyl (C=O) groups is 1. The van der Waals surface area contributed by atoms with Crippen molar-refractivity contribution >= 4 is 27.5 Å². The van der Waals surface area contributed by atoms with Crippen LogP contribution in [0.15, 0.2) is 28.7 Å². The van der Waals surface area contributed by atoms with Crippen LogP contribution in [0.1, 0.15) is 43.5 Å². The first-order valence-electron chi connectivity index (χ1n) is 8.65. The van der Waals surface area contributed by atoms with Crippen LogP contribution in [0, 0.1) is 0 Å². The van der Waals surface area contributed by atoms with E-state index in [2.05, 4.69) is 26.3 Å². The quantitative estimate of drug-likeness (QED) is 0.654. The minimum Gasteiger partial charge on any atom is -0.494 e. The highest BCUT2D eigenvalue weighted by molar-refractivity contribution is 9.10. The van der Waals surface area contributed by atoms with Gasteiger partial charge in [0.15, 0.2) is 5.69 Å². The molecular formula is C18H19BrF3N3O2. The van der Waals surface area contributed by atoms with Crippen LogP contribution < -0.4 is 10.1 Å². The number of nitrogens with zero attached hydrogens (tertiary/aromatic N) is 2.